The second kappa shape index (κ2) is 3.18. The normalized spacial score (nSPS) is 10.2. The Morgan fingerprint density at radius 3 is 3.15 bits per heavy atom. The summed E-state index contributed by atoms with van der Waals surface area (Å²) in [5, 5.41) is 4.12. The molecule has 0 amide bonds. The van der Waals surface area contributed by atoms with Crippen molar-refractivity contribution >= 4 is 27.4 Å². The van der Waals surface area contributed by atoms with Crippen LogP contribution in [0.4, 0.5) is 0 Å². The maximum atomic E-state index is 11.2. The molecule has 2 aromatic rings. The van der Waals surface area contributed by atoms with E-state index in [-0.39, 0.29) is 5.97 Å². The van der Waals surface area contributed by atoms with Crippen molar-refractivity contribution in [3.63, 3.8) is 0 Å². The molecule has 2 nitrogen and oxygen atoms in total. The summed E-state index contributed by atoms with van der Waals surface area (Å²) >= 11 is 1.50. The Bertz CT molecular complexity index is 445. The number of esters is 1. The number of carbonyl (C=O) groups is 1. The molecule has 1 aromatic heterocycles. The number of ether oxygens (including phenoxy) is 1. The van der Waals surface area contributed by atoms with Crippen LogP contribution in [0.1, 0.15) is 10.4 Å². The molecule has 2 rings (SSSR count). The molecular formula is C10H7O2S. The summed E-state index contributed by atoms with van der Waals surface area (Å²) < 4.78 is 5.68. The van der Waals surface area contributed by atoms with E-state index in [2.05, 4.69) is 10.1 Å². The van der Waals surface area contributed by atoms with Crippen LogP contribution in [-0.4, -0.2) is 13.1 Å². The van der Waals surface area contributed by atoms with Gasteiger partial charge in [-0.3, -0.25) is 0 Å². The molecule has 0 aliphatic heterocycles. The molecule has 1 heterocycles. The number of methoxy groups -OCH3 is 1. The lowest BCUT2D eigenvalue weighted by molar-refractivity contribution is 0.0601. The lowest BCUT2D eigenvalue weighted by Crippen LogP contribution is -1.99. The first-order chi connectivity index (χ1) is 6.31. The van der Waals surface area contributed by atoms with Crippen molar-refractivity contribution in [2.75, 3.05) is 7.11 Å². The van der Waals surface area contributed by atoms with Gasteiger partial charge >= 0.3 is 5.97 Å². The highest BCUT2D eigenvalue weighted by Crippen LogP contribution is 2.21. The van der Waals surface area contributed by atoms with Crippen LogP contribution in [0.25, 0.3) is 10.1 Å². The third-order valence-electron chi connectivity index (χ3n) is 1.82. The van der Waals surface area contributed by atoms with Crippen molar-refractivity contribution in [1.82, 2.24) is 0 Å². The van der Waals surface area contributed by atoms with E-state index in [1.54, 1.807) is 6.07 Å². The first-order valence-electron chi connectivity index (χ1n) is 3.79. The second-order valence-electron chi connectivity index (χ2n) is 2.61. The summed E-state index contributed by atoms with van der Waals surface area (Å²) in [7, 11) is 1.38. The zero-order chi connectivity index (χ0) is 9.26. The van der Waals surface area contributed by atoms with Gasteiger partial charge in [0.2, 0.25) is 0 Å². The highest BCUT2D eigenvalue weighted by atomic mass is 32.1. The topological polar surface area (TPSA) is 26.3 Å². The SMILES string of the molecule is COC(=O)c1ccc2c[c]sc2c1. The monoisotopic (exact) mass is 191 g/mol. The number of hydrogen-bond donors (Lipinski definition) is 0. The van der Waals surface area contributed by atoms with Crippen LogP contribution in [0.5, 0.6) is 0 Å². The Labute approximate surface area is 79.8 Å². The van der Waals surface area contributed by atoms with E-state index in [1.165, 1.54) is 18.4 Å². The van der Waals surface area contributed by atoms with E-state index in [9.17, 15) is 4.79 Å². The zero-order valence-electron chi connectivity index (χ0n) is 7.03. The fourth-order valence-corrected chi connectivity index (χ4v) is 1.89. The lowest BCUT2D eigenvalue weighted by Gasteiger charge is -1.97. The zero-order valence-corrected chi connectivity index (χ0v) is 7.85. The van der Waals surface area contributed by atoms with Crippen LogP contribution in [0.3, 0.4) is 0 Å². The summed E-state index contributed by atoms with van der Waals surface area (Å²) in [4.78, 5) is 11.2. The number of carbonyl (C=O) groups excluding carboxylic acids is 1. The third-order valence-corrected chi connectivity index (χ3v) is 2.63. The van der Waals surface area contributed by atoms with Gasteiger partial charge in [-0.2, -0.15) is 0 Å². The van der Waals surface area contributed by atoms with Crippen LogP contribution >= 0.6 is 11.3 Å². The third kappa shape index (κ3) is 1.42. The van der Waals surface area contributed by atoms with Crippen molar-refractivity contribution in [2.24, 2.45) is 0 Å². The molecule has 3 heteroatoms. The van der Waals surface area contributed by atoms with Crippen molar-refractivity contribution in [2.45, 2.75) is 0 Å². The van der Waals surface area contributed by atoms with E-state index in [0.29, 0.717) is 5.56 Å². The predicted octanol–water partition coefficient (Wildman–Crippen LogP) is 2.49. The summed E-state index contributed by atoms with van der Waals surface area (Å²) in [6, 6.07) is 7.38. The second-order valence-corrected chi connectivity index (χ2v) is 3.49. The summed E-state index contributed by atoms with van der Waals surface area (Å²) in [6.45, 7) is 0. The van der Waals surface area contributed by atoms with Gasteiger partial charge in [0.05, 0.1) is 12.7 Å². The molecule has 0 saturated heterocycles. The maximum Gasteiger partial charge on any atom is 0.337 e. The molecule has 13 heavy (non-hydrogen) atoms. The summed E-state index contributed by atoms with van der Waals surface area (Å²) in [5.41, 5.74) is 0.589. The molecule has 0 saturated carbocycles. The Morgan fingerprint density at radius 1 is 1.54 bits per heavy atom. The molecule has 0 atom stereocenters. The van der Waals surface area contributed by atoms with E-state index >= 15 is 0 Å². The molecule has 1 aromatic carbocycles. The fraction of sp³-hybridized carbons (Fsp3) is 0.100. The smallest absolute Gasteiger partial charge is 0.337 e. The maximum absolute atomic E-state index is 11.2. The van der Waals surface area contributed by atoms with Crippen molar-refractivity contribution < 1.29 is 9.53 Å². The number of fused-ring (bicyclic) bond motifs is 1. The van der Waals surface area contributed by atoms with Gasteiger partial charge < -0.3 is 4.74 Å². The van der Waals surface area contributed by atoms with E-state index in [1.807, 2.05) is 18.2 Å². The molecule has 65 valence electrons. The minimum absolute atomic E-state index is 0.296. The number of benzene rings is 1. The number of thiophene rings is 1. The Morgan fingerprint density at radius 2 is 2.38 bits per heavy atom. The van der Waals surface area contributed by atoms with Gasteiger partial charge in [-0.15, -0.1) is 11.3 Å². The van der Waals surface area contributed by atoms with E-state index in [0.717, 1.165) is 10.1 Å². The lowest BCUT2D eigenvalue weighted by atomic mass is 10.2. The van der Waals surface area contributed by atoms with Crippen molar-refractivity contribution in [3.8, 4) is 0 Å². The van der Waals surface area contributed by atoms with Gasteiger partial charge in [-0.25, -0.2) is 4.79 Å². The Balaban J connectivity index is 2.54. The van der Waals surface area contributed by atoms with Gasteiger partial charge in [-0.05, 0) is 23.6 Å². The molecule has 1 radical (unpaired) electrons. The quantitative estimate of drug-likeness (QED) is 0.647. The van der Waals surface area contributed by atoms with Crippen molar-refractivity contribution in [3.05, 3.63) is 35.2 Å². The van der Waals surface area contributed by atoms with Gasteiger partial charge in [-0.1, -0.05) is 6.07 Å². The van der Waals surface area contributed by atoms with E-state index < -0.39 is 0 Å². The number of rotatable bonds is 1. The first kappa shape index (κ1) is 8.26. The van der Waals surface area contributed by atoms with Crippen LogP contribution < -0.4 is 0 Å². The summed E-state index contributed by atoms with van der Waals surface area (Å²) in [6.07, 6.45) is 0. The highest BCUT2D eigenvalue weighted by Gasteiger charge is 2.05. The molecule has 0 bridgehead atoms. The molecular weight excluding hydrogens is 184 g/mol. The summed E-state index contributed by atoms with van der Waals surface area (Å²) in [5.74, 6) is -0.296. The minimum atomic E-state index is -0.296. The standard InChI is InChI=1S/C10H7O2S/c1-12-10(11)8-3-2-7-4-5-13-9(7)6-8/h2-4,6H,1H3. The molecule has 0 spiro atoms. The van der Waals surface area contributed by atoms with Crippen LogP contribution in [0, 0.1) is 5.38 Å². The van der Waals surface area contributed by atoms with Crippen LogP contribution in [0.2, 0.25) is 0 Å². The van der Waals surface area contributed by atoms with E-state index in [4.69, 9.17) is 0 Å². The first-order valence-corrected chi connectivity index (χ1v) is 4.61. The Kier molecular flexibility index (Phi) is 2.02. The molecule has 0 aliphatic carbocycles. The minimum Gasteiger partial charge on any atom is -0.465 e. The van der Waals surface area contributed by atoms with Gasteiger partial charge in [0, 0.05) is 10.1 Å². The molecule has 0 fully saturated rings. The van der Waals surface area contributed by atoms with Gasteiger partial charge in [0.25, 0.3) is 0 Å². The molecule has 0 aliphatic rings. The van der Waals surface area contributed by atoms with Gasteiger partial charge in [0.15, 0.2) is 0 Å². The fourth-order valence-electron chi connectivity index (χ4n) is 1.14. The Hall–Kier alpha value is -1.35. The van der Waals surface area contributed by atoms with Crippen LogP contribution in [0.15, 0.2) is 24.3 Å². The average molecular weight is 191 g/mol. The van der Waals surface area contributed by atoms with Gasteiger partial charge in [0.1, 0.15) is 0 Å². The molecule has 0 N–H and O–H groups in total. The average Bonchev–Trinajstić information content (AvgIpc) is 2.63. The van der Waals surface area contributed by atoms with Crippen LogP contribution in [-0.2, 0) is 4.74 Å². The largest absolute Gasteiger partial charge is 0.465 e. The predicted molar refractivity (Wildman–Crippen MR) is 52.0 cm³/mol. The number of hydrogen-bond acceptors (Lipinski definition) is 3. The highest BCUT2D eigenvalue weighted by molar-refractivity contribution is 7.16. The van der Waals surface area contributed by atoms with Crippen molar-refractivity contribution in [1.29, 1.82) is 0 Å². The molecule has 0 unspecified atom stereocenters.